The molecule has 0 saturated carbocycles. The maximum absolute atomic E-state index is 6.13. The third kappa shape index (κ3) is 3.38. The van der Waals surface area contributed by atoms with E-state index in [0.717, 1.165) is 45.5 Å². The molecule has 1 aliphatic heterocycles. The van der Waals surface area contributed by atoms with Gasteiger partial charge in [0.1, 0.15) is 18.1 Å². The van der Waals surface area contributed by atoms with Crippen LogP contribution in [0.2, 0.25) is 0 Å². The van der Waals surface area contributed by atoms with Crippen molar-refractivity contribution >= 4 is 26.8 Å². The van der Waals surface area contributed by atoms with Crippen LogP contribution in [0.25, 0.3) is 22.2 Å². The van der Waals surface area contributed by atoms with E-state index < -0.39 is 0 Å². The molecule has 2 aromatic carbocycles. The predicted molar refractivity (Wildman–Crippen MR) is 110 cm³/mol. The first-order valence-electron chi connectivity index (χ1n) is 9.25. The summed E-state index contributed by atoms with van der Waals surface area (Å²) >= 11 is 3.49. The summed E-state index contributed by atoms with van der Waals surface area (Å²) < 4.78 is 9.14. The number of hydrogen-bond acceptors (Lipinski definition) is 3. The van der Waals surface area contributed by atoms with E-state index in [1.54, 1.807) is 0 Å². The van der Waals surface area contributed by atoms with Gasteiger partial charge in [0.05, 0.1) is 5.52 Å². The number of likely N-dealkylation sites (tertiary alicyclic amines) is 1. The summed E-state index contributed by atoms with van der Waals surface area (Å²) in [5.41, 5.74) is 3.23. The summed E-state index contributed by atoms with van der Waals surface area (Å²) in [6.45, 7) is 5.29. The summed E-state index contributed by atoms with van der Waals surface area (Å²) in [6, 6.07) is 15.1. The Morgan fingerprint density at radius 3 is 2.77 bits per heavy atom. The number of aryl methyl sites for hydroxylation is 1. The predicted octanol–water partition coefficient (Wildman–Crippen LogP) is 4.87. The van der Waals surface area contributed by atoms with Gasteiger partial charge in [-0.1, -0.05) is 35.0 Å². The lowest BCUT2D eigenvalue weighted by atomic mass is 10.1. The number of benzene rings is 2. The van der Waals surface area contributed by atoms with Crippen molar-refractivity contribution in [3.63, 3.8) is 0 Å². The van der Waals surface area contributed by atoms with E-state index in [-0.39, 0.29) is 0 Å². The van der Waals surface area contributed by atoms with Gasteiger partial charge in [0.25, 0.3) is 0 Å². The van der Waals surface area contributed by atoms with Crippen LogP contribution >= 0.6 is 15.9 Å². The van der Waals surface area contributed by atoms with Gasteiger partial charge in [0.2, 0.25) is 0 Å². The summed E-state index contributed by atoms with van der Waals surface area (Å²) in [5, 5.41) is 5.88. The molecule has 5 heteroatoms. The first-order valence-corrected chi connectivity index (χ1v) is 10.0. The smallest absolute Gasteiger partial charge is 0.121 e. The third-order valence-corrected chi connectivity index (χ3v) is 5.82. The Bertz CT molecular complexity index is 904. The first kappa shape index (κ1) is 17.6. The molecule has 0 aliphatic carbocycles. The first-order chi connectivity index (χ1) is 12.7. The summed E-state index contributed by atoms with van der Waals surface area (Å²) in [6.07, 6.45) is 2.51. The molecule has 4 nitrogen and oxygen atoms in total. The molecule has 4 rings (SSSR count). The van der Waals surface area contributed by atoms with Gasteiger partial charge in [0.15, 0.2) is 0 Å². The number of likely N-dealkylation sites (N-methyl/N-ethyl adjacent to an activating group) is 1. The molecule has 1 unspecified atom stereocenters. The number of rotatable bonds is 5. The molecule has 136 valence electrons. The molecule has 0 radical (unpaired) electrons. The minimum Gasteiger partial charge on any atom is -0.492 e. The van der Waals surface area contributed by atoms with Gasteiger partial charge in [-0.05, 0) is 50.2 Å². The average molecular weight is 414 g/mol. The number of halogens is 1. The van der Waals surface area contributed by atoms with Crippen LogP contribution in [-0.2, 0) is 7.05 Å². The monoisotopic (exact) mass is 413 g/mol. The minimum atomic E-state index is 0.542. The topological polar surface area (TPSA) is 30.3 Å². The zero-order valence-electron chi connectivity index (χ0n) is 15.3. The fraction of sp³-hybridized carbons (Fsp3) is 0.381. The second-order valence-electron chi connectivity index (χ2n) is 6.89. The molecule has 0 bridgehead atoms. The number of aromatic nitrogens is 2. The van der Waals surface area contributed by atoms with E-state index >= 15 is 0 Å². The highest BCUT2D eigenvalue weighted by molar-refractivity contribution is 9.10. The summed E-state index contributed by atoms with van der Waals surface area (Å²) in [5.74, 6) is 0.922. The molecule has 1 fully saturated rings. The van der Waals surface area contributed by atoms with Crippen molar-refractivity contribution in [1.82, 2.24) is 14.7 Å². The highest BCUT2D eigenvalue weighted by atomic mass is 79.9. The molecule has 0 spiro atoms. The van der Waals surface area contributed by atoms with Crippen LogP contribution in [0.3, 0.4) is 0 Å². The number of fused-ring (bicyclic) bond motifs is 1. The molecule has 1 aliphatic rings. The van der Waals surface area contributed by atoms with E-state index in [2.05, 4.69) is 70.2 Å². The van der Waals surface area contributed by atoms with Crippen LogP contribution in [0, 0.1) is 0 Å². The Balaban J connectivity index is 1.58. The molecule has 0 N–H and O–H groups in total. The second-order valence-corrected chi connectivity index (χ2v) is 7.81. The largest absolute Gasteiger partial charge is 0.492 e. The van der Waals surface area contributed by atoms with Gasteiger partial charge in [-0.25, -0.2) is 0 Å². The Morgan fingerprint density at radius 2 is 2.00 bits per heavy atom. The minimum absolute atomic E-state index is 0.542. The van der Waals surface area contributed by atoms with Crippen molar-refractivity contribution in [1.29, 1.82) is 0 Å². The Morgan fingerprint density at radius 1 is 1.19 bits per heavy atom. The zero-order valence-corrected chi connectivity index (χ0v) is 16.9. The molecule has 1 atom stereocenters. The summed E-state index contributed by atoms with van der Waals surface area (Å²) in [7, 11) is 1.99. The van der Waals surface area contributed by atoms with E-state index in [4.69, 9.17) is 9.84 Å². The molecule has 0 amide bonds. The zero-order chi connectivity index (χ0) is 18.1. The third-order valence-electron chi connectivity index (χ3n) is 5.29. The van der Waals surface area contributed by atoms with Crippen LogP contribution in [0.5, 0.6) is 5.75 Å². The van der Waals surface area contributed by atoms with E-state index in [0.29, 0.717) is 6.04 Å². The van der Waals surface area contributed by atoms with Crippen molar-refractivity contribution in [2.24, 2.45) is 7.05 Å². The van der Waals surface area contributed by atoms with Gasteiger partial charge >= 0.3 is 0 Å². The van der Waals surface area contributed by atoms with Gasteiger partial charge in [0, 0.05) is 34.6 Å². The van der Waals surface area contributed by atoms with Crippen molar-refractivity contribution in [2.45, 2.75) is 25.8 Å². The fourth-order valence-electron chi connectivity index (χ4n) is 3.84. The van der Waals surface area contributed by atoms with E-state index in [1.165, 1.54) is 19.4 Å². The van der Waals surface area contributed by atoms with Crippen LogP contribution in [-0.4, -0.2) is 40.4 Å². The maximum Gasteiger partial charge on any atom is 0.121 e. The molecule has 2 heterocycles. The summed E-state index contributed by atoms with van der Waals surface area (Å²) in [4.78, 5) is 2.51. The highest BCUT2D eigenvalue weighted by Crippen LogP contribution is 2.31. The second kappa shape index (κ2) is 7.41. The quantitative estimate of drug-likeness (QED) is 0.597. The lowest BCUT2D eigenvalue weighted by molar-refractivity contribution is 0.179. The van der Waals surface area contributed by atoms with Crippen LogP contribution in [0.4, 0.5) is 0 Å². The van der Waals surface area contributed by atoms with Crippen LogP contribution in [0.15, 0.2) is 46.9 Å². The van der Waals surface area contributed by atoms with Crippen LogP contribution in [0.1, 0.15) is 19.8 Å². The van der Waals surface area contributed by atoms with Crippen molar-refractivity contribution < 1.29 is 4.74 Å². The van der Waals surface area contributed by atoms with Crippen molar-refractivity contribution in [3.05, 3.63) is 46.9 Å². The van der Waals surface area contributed by atoms with Crippen molar-refractivity contribution in [2.75, 3.05) is 19.7 Å². The number of nitrogens with zero attached hydrogens (tertiary/aromatic N) is 3. The lowest BCUT2D eigenvalue weighted by Crippen LogP contribution is -2.33. The number of ether oxygens (including phenoxy) is 1. The fourth-order valence-corrected chi connectivity index (χ4v) is 4.10. The maximum atomic E-state index is 6.13. The Labute approximate surface area is 162 Å². The standard InChI is InChI=1S/C21H24BrN3O/c1-3-25-12-4-5-17(25)14-26-18-10-11-19-20(13-18)24(2)23-21(19)15-6-8-16(22)9-7-15/h6-11,13,17H,3-5,12,14H2,1-2H3. The molecule has 1 aromatic heterocycles. The van der Waals surface area contributed by atoms with Crippen LogP contribution < -0.4 is 4.74 Å². The molecular weight excluding hydrogens is 390 g/mol. The van der Waals surface area contributed by atoms with Gasteiger partial charge in [-0.15, -0.1) is 0 Å². The van der Waals surface area contributed by atoms with Crippen molar-refractivity contribution in [3.8, 4) is 17.0 Å². The Kier molecular flexibility index (Phi) is 5.00. The van der Waals surface area contributed by atoms with E-state index in [1.807, 2.05) is 11.7 Å². The average Bonchev–Trinajstić information content (AvgIpc) is 3.25. The lowest BCUT2D eigenvalue weighted by Gasteiger charge is -2.22. The Hall–Kier alpha value is -1.85. The van der Waals surface area contributed by atoms with Gasteiger partial charge < -0.3 is 4.74 Å². The molecule has 3 aromatic rings. The van der Waals surface area contributed by atoms with E-state index in [9.17, 15) is 0 Å². The highest BCUT2D eigenvalue weighted by Gasteiger charge is 2.23. The SMILES string of the molecule is CCN1CCCC1COc1ccc2c(-c3ccc(Br)cc3)nn(C)c2c1. The van der Waals surface area contributed by atoms with Gasteiger partial charge in [-0.2, -0.15) is 5.10 Å². The van der Waals surface area contributed by atoms with Gasteiger partial charge in [-0.3, -0.25) is 9.58 Å². The number of hydrogen-bond donors (Lipinski definition) is 0. The molecular formula is C21H24BrN3O. The normalized spacial score (nSPS) is 17.9. The molecule has 1 saturated heterocycles. The molecule has 26 heavy (non-hydrogen) atoms.